The molecule has 4 N–H and O–H groups in total. The minimum atomic E-state index is -1.50. The molecule has 0 aromatic heterocycles. The van der Waals surface area contributed by atoms with Crippen LogP contribution in [0.15, 0.2) is 0 Å². The second kappa shape index (κ2) is 2.12. The number of hydrogen-bond donors (Lipinski definition) is 2. The zero-order valence-corrected chi connectivity index (χ0v) is 3.89. The molecular weight excluding hydrogens is 84.0 g/mol. The van der Waals surface area contributed by atoms with Crippen LogP contribution in [0.4, 0.5) is 0 Å². The highest BCUT2D eigenvalue weighted by Gasteiger charge is 2.00. The Morgan fingerprint density at radius 2 is 1.17 bits per heavy atom. The van der Waals surface area contributed by atoms with Gasteiger partial charge in [-0.25, -0.2) is 0 Å². The van der Waals surface area contributed by atoms with Gasteiger partial charge in [-0.1, -0.05) is 0 Å². The van der Waals surface area contributed by atoms with E-state index in [9.17, 15) is 0 Å². The summed E-state index contributed by atoms with van der Waals surface area (Å²) < 4.78 is 0. The molecule has 3 heteroatoms. The van der Waals surface area contributed by atoms with Gasteiger partial charge in [-0.05, 0) is 13.8 Å². The summed E-state index contributed by atoms with van der Waals surface area (Å²) in [6, 6.07) is 0. The molecule has 6 heavy (non-hydrogen) atoms. The molecule has 0 fully saturated rings. The predicted octanol–water partition coefficient (Wildman–Crippen LogP) is -1.12. The minimum Gasteiger partial charge on any atom is -0.412 e. The molecule has 0 aromatic rings. The average Bonchev–Trinajstić information content (AvgIpc) is 0.722. The Morgan fingerprint density at radius 1 is 1.17 bits per heavy atom. The fourth-order valence-electron chi connectivity index (χ4n) is 0. The predicted molar refractivity (Wildman–Crippen MR) is 22.1 cm³/mol. The smallest absolute Gasteiger partial charge is 0.156 e. The van der Waals surface area contributed by atoms with E-state index in [1.54, 1.807) is 0 Å². The van der Waals surface area contributed by atoms with Gasteiger partial charge >= 0.3 is 0 Å². The van der Waals surface area contributed by atoms with Crippen molar-refractivity contribution in [1.82, 2.24) is 0 Å². The van der Waals surface area contributed by atoms with Crippen molar-refractivity contribution in [3.63, 3.8) is 0 Å². The molecule has 40 valence electrons. The second-order valence-electron chi connectivity index (χ2n) is 1.49. The Balaban J connectivity index is 0. The Labute approximate surface area is 36.5 Å². The summed E-state index contributed by atoms with van der Waals surface area (Å²) in [4.78, 5) is 0. The largest absolute Gasteiger partial charge is 0.412 e. The van der Waals surface area contributed by atoms with Crippen LogP contribution in [0.25, 0.3) is 0 Å². The highest BCUT2D eigenvalue weighted by molar-refractivity contribution is 4.37. The highest BCUT2D eigenvalue weighted by Crippen LogP contribution is 1.88. The minimum absolute atomic E-state index is 0. The van der Waals surface area contributed by atoms with Gasteiger partial charge in [0.2, 0.25) is 0 Å². The maximum Gasteiger partial charge on any atom is 0.156 e. The lowest BCUT2D eigenvalue weighted by Crippen LogP contribution is -2.15. The van der Waals surface area contributed by atoms with Gasteiger partial charge < -0.3 is 15.7 Å². The van der Waals surface area contributed by atoms with Crippen molar-refractivity contribution in [3.05, 3.63) is 0 Å². The molecule has 0 rings (SSSR count). The SMILES string of the molecule is CC(C)(O)O.O. The second-order valence-corrected chi connectivity index (χ2v) is 1.49. The van der Waals surface area contributed by atoms with Gasteiger partial charge in [0.05, 0.1) is 0 Å². The van der Waals surface area contributed by atoms with Crippen LogP contribution in [-0.2, 0) is 0 Å². The third kappa shape index (κ3) is 2230. The van der Waals surface area contributed by atoms with Crippen molar-refractivity contribution in [2.45, 2.75) is 19.6 Å². The van der Waals surface area contributed by atoms with Crippen LogP contribution in [0.5, 0.6) is 0 Å². The first-order chi connectivity index (χ1) is 2.00. The van der Waals surface area contributed by atoms with Crippen LogP contribution >= 0.6 is 0 Å². The molecule has 0 radical (unpaired) electrons. The summed E-state index contributed by atoms with van der Waals surface area (Å²) in [6.07, 6.45) is 0. The topological polar surface area (TPSA) is 72.0 Å². The summed E-state index contributed by atoms with van der Waals surface area (Å²) in [7, 11) is 0. The molecule has 0 aliphatic heterocycles. The molecule has 0 saturated carbocycles. The zero-order chi connectivity index (χ0) is 4.50. The zero-order valence-electron chi connectivity index (χ0n) is 3.89. The number of aliphatic hydroxyl groups is 2. The molecular formula is C3H10O3. The molecule has 3 nitrogen and oxygen atoms in total. The molecule has 0 spiro atoms. The van der Waals surface area contributed by atoms with E-state index in [4.69, 9.17) is 10.2 Å². The molecule has 0 aromatic carbocycles. The van der Waals surface area contributed by atoms with Crippen molar-refractivity contribution in [2.75, 3.05) is 0 Å². The fraction of sp³-hybridized carbons (Fsp3) is 1.00. The molecule has 0 bridgehead atoms. The Kier molecular flexibility index (Phi) is 3.29. The molecule has 0 atom stereocenters. The van der Waals surface area contributed by atoms with E-state index < -0.39 is 5.79 Å². The molecule has 0 aliphatic carbocycles. The normalized spacial score (nSPS) is 10.0. The van der Waals surface area contributed by atoms with Crippen molar-refractivity contribution < 1.29 is 15.7 Å². The first-order valence-corrected chi connectivity index (χ1v) is 1.45. The van der Waals surface area contributed by atoms with Crippen LogP contribution in [0, 0.1) is 0 Å². The Hall–Kier alpha value is -0.120. The van der Waals surface area contributed by atoms with E-state index in [0.29, 0.717) is 0 Å². The monoisotopic (exact) mass is 94.1 g/mol. The summed E-state index contributed by atoms with van der Waals surface area (Å²) in [5.74, 6) is -1.50. The molecule has 0 aliphatic rings. The van der Waals surface area contributed by atoms with E-state index in [1.807, 2.05) is 0 Å². The maximum atomic E-state index is 8.08. The van der Waals surface area contributed by atoms with Gasteiger partial charge in [0.15, 0.2) is 5.79 Å². The summed E-state index contributed by atoms with van der Waals surface area (Å²) in [6.45, 7) is 2.60. The lowest BCUT2D eigenvalue weighted by Gasteiger charge is -2.03. The molecule has 0 heterocycles. The van der Waals surface area contributed by atoms with Crippen LogP contribution < -0.4 is 0 Å². The van der Waals surface area contributed by atoms with Crippen LogP contribution in [0.1, 0.15) is 13.8 Å². The summed E-state index contributed by atoms with van der Waals surface area (Å²) in [5, 5.41) is 16.2. The number of hydrogen-bond acceptors (Lipinski definition) is 2. The Morgan fingerprint density at radius 3 is 1.17 bits per heavy atom. The molecule has 0 unspecified atom stereocenters. The molecule has 0 saturated heterocycles. The van der Waals surface area contributed by atoms with Gasteiger partial charge in [0.25, 0.3) is 0 Å². The van der Waals surface area contributed by atoms with Crippen molar-refractivity contribution >= 4 is 0 Å². The van der Waals surface area contributed by atoms with Gasteiger partial charge in [0, 0.05) is 0 Å². The highest BCUT2D eigenvalue weighted by atomic mass is 16.5. The lowest BCUT2D eigenvalue weighted by molar-refractivity contribution is -0.127. The standard InChI is InChI=1S/C3H8O2.H2O/c1-3(2,4)5;/h4-5H,1-2H3;1H2. The summed E-state index contributed by atoms with van der Waals surface area (Å²) in [5.41, 5.74) is 0. The fourth-order valence-corrected chi connectivity index (χ4v) is 0. The van der Waals surface area contributed by atoms with Crippen molar-refractivity contribution in [1.29, 1.82) is 0 Å². The van der Waals surface area contributed by atoms with Gasteiger partial charge in [-0.2, -0.15) is 0 Å². The third-order valence-electron chi connectivity index (χ3n) is 0. The third-order valence-corrected chi connectivity index (χ3v) is 0. The van der Waals surface area contributed by atoms with Gasteiger partial charge in [-0.15, -0.1) is 0 Å². The first kappa shape index (κ1) is 9.30. The van der Waals surface area contributed by atoms with Crippen molar-refractivity contribution in [3.8, 4) is 0 Å². The van der Waals surface area contributed by atoms with E-state index in [0.717, 1.165) is 0 Å². The number of rotatable bonds is 0. The van der Waals surface area contributed by atoms with Gasteiger partial charge in [0.1, 0.15) is 0 Å². The quantitative estimate of drug-likeness (QED) is 0.373. The van der Waals surface area contributed by atoms with E-state index in [2.05, 4.69) is 0 Å². The first-order valence-electron chi connectivity index (χ1n) is 1.45. The van der Waals surface area contributed by atoms with E-state index >= 15 is 0 Å². The lowest BCUT2D eigenvalue weighted by atomic mass is 10.4. The van der Waals surface area contributed by atoms with E-state index in [1.165, 1.54) is 13.8 Å². The summed E-state index contributed by atoms with van der Waals surface area (Å²) >= 11 is 0. The van der Waals surface area contributed by atoms with Crippen LogP contribution in [-0.4, -0.2) is 21.5 Å². The Bertz CT molecular complexity index is 21.5. The van der Waals surface area contributed by atoms with Crippen LogP contribution in [0.3, 0.4) is 0 Å². The van der Waals surface area contributed by atoms with Gasteiger partial charge in [-0.3, -0.25) is 0 Å². The van der Waals surface area contributed by atoms with Crippen molar-refractivity contribution in [2.24, 2.45) is 0 Å². The van der Waals surface area contributed by atoms with E-state index in [-0.39, 0.29) is 5.48 Å². The van der Waals surface area contributed by atoms with Crippen LogP contribution in [0.2, 0.25) is 0 Å². The average molecular weight is 94.1 g/mol. The molecule has 0 amide bonds. The maximum absolute atomic E-state index is 8.08.